The predicted molar refractivity (Wildman–Crippen MR) is 63.6 cm³/mol. The molecule has 0 aromatic rings. The highest BCUT2D eigenvalue weighted by Crippen LogP contribution is 2.33. The molecule has 15 heavy (non-hydrogen) atoms. The summed E-state index contributed by atoms with van der Waals surface area (Å²) in [4.78, 5) is 12.2. The maximum absolute atomic E-state index is 12.2. The molecule has 2 heteroatoms. The maximum Gasteiger partial charge on any atom is 0.155 e. The summed E-state index contributed by atoms with van der Waals surface area (Å²) in [5, 5.41) is 0. The van der Waals surface area contributed by atoms with Crippen LogP contribution in [-0.4, -0.2) is 11.3 Å². The quantitative estimate of drug-likeness (QED) is 0.777. The van der Waals surface area contributed by atoms with Gasteiger partial charge in [0, 0.05) is 5.92 Å². The van der Waals surface area contributed by atoms with Gasteiger partial charge in [-0.05, 0) is 32.1 Å². The monoisotopic (exact) mass is 211 g/mol. The molecule has 0 radical (unpaired) electrons. The summed E-state index contributed by atoms with van der Waals surface area (Å²) >= 11 is 0. The van der Waals surface area contributed by atoms with E-state index in [1.165, 1.54) is 19.3 Å². The first-order valence-corrected chi connectivity index (χ1v) is 6.34. The number of carbonyl (C=O) groups is 1. The van der Waals surface area contributed by atoms with Crippen LogP contribution in [0.4, 0.5) is 0 Å². The highest BCUT2D eigenvalue weighted by molar-refractivity contribution is 5.89. The third kappa shape index (κ3) is 3.04. The van der Waals surface area contributed by atoms with Gasteiger partial charge in [-0.25, -0.2) is 0 Å². The number of Topliss-reactive ketones (excluding diaryl/α,β-unsaturated/α-hetero) is 1. The van der Waals surface area contributed by atoms with E-state index >= 15 is 0 Å². The third-order valence-electron chi connectivity index (χ3n) is 4.03. The zero-order valence-corrected chi connectivity index (χ0v) is 10.4. The van der Waals surface area contributed by atoms with Gasteiger partial charge in [-0.15, -0.1) is 0 Å². The lowest BCUT2D eigenvalue weighted by molar-refractivity contribution is -0.129. The van der Waals surface area contributed by atoms with E-state index in [0.29, 0.717) is 5.78 Å². The number of rotatable bonds is 4. The number of nitrogens with two attached hydrogens (primary N) is 1. The average molecular weight is 211 g/mol. The Morgan fingerprint density at radius 1 is 1.40 bits per heavy atom. The number of hydrogen-bond acceptors (Lipinski definition) is 2. The van der Waals surface area contributed by atoms with E-state index in [-0.39, 0.29) is 5.92 Å². The molecule has 0 saturated heterocycles. The Morgan fingerprint density at radius 3 is 2.60 bits per heavy atom. The van der Waals surface area contributed by atoms with E-state index in [0.717, 1.165) is 25.2 Å². The summed E-state index contributed by atoms with van der Waals surface area (Å²) in [6, 6.07) is 0. The van der Waals surface area contributed by atoms with Crippen molar-refractivity contribution in [1.29, 1.82) is 0 Å². The predicted octanol–water partition coefficient (Wildman–Crippen LogP) is 2.90. The molecule has 0 amide bonds. The van der Waals surface area contributed by atoms with Gasteiger partial charge in [0.2, 0.25) is 0 Å². The smallest absolute Gasteiger partial charge is 0.155 e. The van der Waals surface area contributed by atoms with Crippen LogP contribution in [0.3, 0.4) is 0 Å². The zero-order chi connectivity index (χ0) is 11.5. The van der Waals surface area contributed by atoms with Gasteiger partial charge < -0.3 is 5.73 Å². The fourth-order valence-corrected chi connectivity index (χ4v) is 2.54. The molecule has 0 aromatic heterocycles. The SMILES string of the molecule is CCC1CCCC(C(=O)C(C)(N)CC)C1. The molecule has 0 aromatic carbocycles. The van der Waals surface area contributed by atoms with E-state index in [4.69, 9.17) is 5.73 Å². The molecule has 1 rings (SSSR count). The minimum atomic E-state index is -0.597. The second-order valence-corrected chi connectivity index (χ2v) is 5.27. The van der Waals surface area contributed by atoms with Crippen molar-refractivity contribution in [2.75, 3.05) is 0 Å². The van der Waals surface area contributed by atoms with E-state index < -0.39 is 5.54 Å². The van der Waals surface area contributed by atoms with Crippen LogP contribution in [0.15, 0.2) is 0 Å². The Morgan fingerprint density at radius 2 is 2.07 bits per heavy atom. The molecule has 1 aliphatic rings. The van der Waals surface area contributed by atoms with Gasteiger partial charge in [-0.3, -0.25) is 4.79 Å². The summed E-state index contributed by atoms with van der Waals surface area (Å²) < 4.78 is 0. The average Bonchev–Trinajstić information content (AvgIpc) is 2.28. The lowest BCUT2D eigenvalue weighted by Crippen LogP contribution is -2.48. The minimum absolute atomic E-state index is 0.235. The van der Waals surface area contributed by atoms with Crippen LogP contribution in [0.2, 0.25) is 0 Å². The lowest BCUT2D eigenvalue weighted by Gasteiger charge is -2.32. The number of carbonyl (C=O) groups excluding carboxylic acids is 1. The van der Waals surface area contributed by atoms with E-state index in [1.54, 1.807) is 0 Å². The van der Waals surface area contributed by atoms with Crippen molar-refractivity contribution >= 4 is 5.78 Å². The molecule has 0 aliphatic heterocycles. The van der Waals surface area contributed by atoms with Gasteiger partial charge in [-0.2, -0.15) is 0 Å². The fraction of sp³-hybridized carbons (Fsp3) is 0.923. The van der Waals surface area contributed by atoms with Crippen molar-refractivity contribution in [3.8, 4) is 0 Å². The number of ketones is 1. The summed E-state index contributed by atoms with van der Waals surface area (Å²) in [5.74, 6) is 1.28. The van der Waals surface area contributed by atoms with E-state index in [1.807, 2.05) is 13.8 Å². The molecule has 1 saturated carbocycles. The topological polar surface area (TPSA) is 43.1 Å². The summed E-state index contributed by atoms with van der Waals surface area (Å²) in [7, 11) is 0. The van der Waals surface area contributed by atoms with Crippen LogP contribution in [0.5, 0.6) is 0 Å². The molecule has 1 fully saturated rings. The Kier molecular flexibility index (Phi) is 4.32. The second kappa shape index (κ2) is 5.11. The van der Waals surface area contributed by atoms with Crippen molar-refractivity contribution < 1.29 is 4.79 Å². The lowest BCUT2D eigenvalue weighted by atomic mass is 9.74. The van der Waals surface area contributed by atoms with Crippen molar-refractivity contribution in [3.05, 3.63) is 0 Å². The van der Waals surface area contributed by atoms with Crippen LogP contribution in [0, 0.1) is 11.8 Å². The second-order valence-electron chi connectivity index (χ2n) is 5.27. The molecule has 3 unspecified atom stereocenters. The van der Waals surface area contributed by atoms with Gasteiger partial charge in [0.1, 0.15) is 0 Å². The first-order valence-electron chi connectivity index (χ1n) is 6.34. The maximum atomic E-state index is 12.2. The van der Waals surface area contributed by atoms with Gasteiger partial charge in [0.15, 0.2) is 5.78 Å². The Bertz CT molecular complexity index is 223. The molecule has 88 valence electrons. The molecule has 0 bridgehead atoms. The minimum Gasteiger partial charge on any atom is -0.319 e. The van der Waals surface area contributed by atoms with Crippen molar-refractivity contribution in [2.45, 2.75) is 64.8 Å². The highest BCUT2D eigenvalue weighted by atomic mass is 16.1. The molecular formula is C13H25NO. The molecule has 3 atom stereocenters. The van der Waals surface area contributed by atoms with Gasteiger partial charge in [0.25, 0.3) is 0 Å². The van der Waals surface area contributed by atoms with Crippen LogP contribution in [0.25, 0.3) is 0 Å². The van der Waals surface area contributed by atoms with E-state index in [2.05, 4.69) is 6.92 Å². The first-order chi connectivity index (χ1) is 7.01. The van der Waals surface area contributed by atoms with Gasteiger partial charge >= 0.3 is 0 Å². The van der Waals surface area contributed by atoms with E-state index in [9.17, 15) is 4.79 Å². The normalized spacial score (nSPS) is 30.9. The standard InChI is InChI=1S/C13H25NO/c1-4-10-7-6-8-11(9-10)12(15)13(3,14)5-2/h10-11H,4-9,14H2,1-3H3. The number of hydrogen-bond donors (Lipinski definition) is 1. The van der Waals surface area contributed by atoms with Crippen molar-refractivity contribution in [3.63, 3.8) is 0 Å². The molecule has 2 nitrogen and oxygen atoms in total. The summed E-state index contributed by atoms with van der Waals surface area (Å²) in [6.45, 7) is 6.10. The molecule has 2 N–H and O–H groups in total. The van der Waals surface area contributed by atoms with Crippen LogP contribution in [0.1, 0.15) is 59.3 Å². The highest BCUT2D eigenvalue weighted by Gasteiger charge is 2.35. The van der Waals surface area contributed by atoms with Crippen LogP contribution < -0.4 is 5.73 Å². The van der Waals surface area contributed by atoms with Gasteiger partial charge in [-0.1, -0.05) is 33.1 Å². The molecule has 0 heterocycles. The first kappa shape index (κ1) is 12.7. The third-order valence-corrected chi connectivity index (χ3v) is 4.03. The summed E-state index contributed by atoms with van der Waals surface area (Å²) in [5.41, 5.74) is 5.43. The van der Waals surface area contributed by atoms with Crippen molar-refractivity contribution in [1.82, 2.24) is 0 Å². The van der Waals surface area contributed by atoms with Gasteiger partial charge in [0.05, 0.1) is 5.54 Å². The fourth-order valence-electron chi connectivity index (χ4n) is 2.54. The van der Waals surface area contributed by atoms with Crippen molar-refractivity contribution in [2.24, 2.45) is 17.6 Å². The zero-order valence-electron chi connectivity index (χ0n) is 10.4. The Labute approximate surface area is 93.6 Å². The molecular weight excluding hydrogens is 186 g/mol. The largest absolute Gasteiger partial charge is 0.319 e. The Balaban J connectivity index is 2.60. The Hall–Kier alpha value is -0.370. The van der Waals surface area contributed by atoms with Crippen LogP contribution >= 0.6 is 0 Å². The summed E-state index contributed by atoms with van der Waals surface area (Å²) in [6.07, 6.45) is 6.59. The molecule has 0 spiro atoms. The molecule has 1 aliphatic carbocycles. The van der Waals surface area contributed by atoms with Crippen LogP contribution in [-0.2, 0) is 4.79 Å².